The Morgan fingerprint density at radius 1 is 1.14 bits per heavy atom. The SMILES string of the molecule is CCCN1C(=O)COc2cc(NC(=O)c3cc([N+](=O)[O-])cc([N+](=O)[O-])c3)ccc21. The first-order chi connectivity index (χ1) is 13.8. The van der Waals surface area contributed by atoms with Gasteiger partial charge in [0.25, 0.3) is 23.2 Å². The molecule has 1 aliphatic heterocycles. The Morgan fingerprint density at radius 2 is 1.79 bits per heavy atom. The number of nitrogens with zero attached hydrogens (tertiary/aromatic N) is 3. The van der Waals surface area contributed by atoms with Crippen LogP contribution in [0, 0.1) is 20.2 Å². The van der Waals surface area contributed by atoms with Crippen molar-refractivity contribution in [2.45, 2.75) is 13.3 Å². The van der Waals surface area contributed by atoms with Crippen LogP contribution in [0.3, 0.4) is 0 Å². The number of rotatable bonds is 6. The molecular formula is C18H16N4O7. The number of carbonyl (C=O) groups is 2. The third-order valence-corrected chi connectivity index (χ3v) is 4.19. The molecule has 0 aromatic heterocycles. The fourth-order valence-corrected chi connectivity index (χ4v) is 2.89. The molecule has 1 heterocycles. The normalized spacial score (nSPS) is 12.7. The molecule has 0 fully saturated rings. The first-order valence-electron chi connectivity index (χ1n) is 8.62. The second-order valence-electron chi connectivity index (χ2n) is 6.22. The summed E-state index contributed by atoms with van der Waals surface area (Å²) in [6, 6.07) is 7.38. The van der Waals surface area contributed by atoms with Crippen molar-refractivity contribution >= 4 is 34.6 Å². The van der Waals surface area contributed by atoms with Crippen LogP contribution in [-0.2, 0) is 4.79 Å². The lowest BCUT2D eigenvalue weighted by molar-refractivity contribution is -0.394. The van der Waals surface area contributed by atoms with E-state index in [1.54, 1.807) is 17.0 Å². The maximum absolute atomic E-state index is 12.5. The summed E-state index contributed by atoms with van der Waals surface area (Å²) in [7, 11) is 0. The predicted molar refractivity (Wildman–Crippen MR) is 102 cm³/mol. The zero-order valence-electron chi connectivity index (χ0n) is 15.3. The van der Waals surface area contributed by atoms with E-state index in [-0.39, 0.29) is 18.1 Å². The van der Waals surface area contributed by atoms with Crippen molar-refractivity contribution in [3.05, 3.63) is 62.2 Å². The number of benzene rings is 2. The van der Waals surface area contributed by atoms with Crippen molar-refractivity contribution in [2.24, 2.45) is 0 Å². The molecule has 2 aromatic rings. The Bertz CT molecular complexity index is 989. The van der Waals surface area contributed by atoms with Crippen LogP contribution in [0.1, 0.15) is 23.7 Å². The molecule has 0 saturated carbocycles. The largest absolute Gasteiger partial charge is 0.481 e. The van der Waals surface area contributed by atoms with Crippen LogP contribution >= 0.6 is 0 Å². The van der Waals surface area contributed by atoms with E-state index in [2.05, 4.69) is 5.32 Å². The molecule has 2 aromatic carbocycles. The first kappa shape index (κ1) is 19.7. The molecule has 0 bridgehead atoms. The van der Waals surface area contributed by atoms with Gasteiger partial charge in [-0.25, -0.2) is 0 Å². The highest BCUT2D eigenvalue weighted by molar-refractivity contribution is 6.05. The van der Waals surface area contributed by atoms with Gasteiger partial charge >= 0.3 is 0 Å². The Balaban J connectivity index is 1.87. The molecular weight excluding hydrogens is 384 g/mol. The number of fused-ring (bicyclic) bond motifs is 1. The molecule has 0 saturated heterocycles. The molecule has 0 aliphatic carbocycles. The molecule has 2 amide bonds. The molecule has 0 atom stereocenters. The van der Waals surface area contributed by atoms with Gasteiger partial charge in [0.05, 0.1) is 27.2 Å². The summed E-state index contributed by atoms with van der Waals surface area (Å²) in [5.74, 6) is -0.519. The van der Waals surface area contributed by atoms with Crippen molar-refractivity contribution < 1.29 is 24.2 Å². The summed E-state index contributed by atoms with van der Waals surface area (Å²) in [6.45, 7) is 2.34. The lowest BCUT2D eigenvalue weighted by atomic mass is 10.1. The van der Waals surface area contributed by atoms with Crippen molar-refractivity contribution in [1.29, 1.82) is 0 Å². The zero-order chi connectivity index (χ0) is 21.1. The van der Waals surface area contributed by atoms with Gasteiger partial charge in [0, 0.05) is 30.4 Å². The Morgan fingerprint density at radius 3 is 2.38 bits per heavy atom. The number of anilines is 2. The number of nitrogens with one attached hydrogen (secondary N) is 1. The molecule has 11 heteroatoms. The van der Waals surface area contributed by atoms with Gasteiger partial charge in [-0.3, -0.25) is 29.8 Å². The monoisotopic (exact) mass is 400 g/mol. The highest BCUT2D eigenvalue weighted by Crippen LogP contribution is 2.35. The number of non-ortho nitro benzene ring substituents is 2. The van der Waals surface area contributed by atoms with Crippen LogP contribution in [0.5, 0.6) is 5.75 Å². The van der Waals surface area contributed by atoms with E-state index in [9.17, 15) is 29.8 Å². The minimum Gasteiger partial charge on any atom is -0.481 e. The maximum Gasteiger partial charge on any atom is 0.277 e. The van der Waals surface area contributed by atoms with E-state index in [0.717, 1.165) is 24.6 Å². The average molecular weight is 400 g/mol. The van der Waals surface area contributed by atoms with E-state index in [0.29, 0.717) is 23.7 Å². The lowest BCUT2D eigenvalue weighted by Gasteiger charge is -2.29. The van der Waals surface area contributed by atoms with Gasteiger partial charge in [-0.2, -0.15) is 0 Å². The third-order valence-electron chi connectivity index (χ3n) is 4.19. The van der Waals surface area contributed by atoms with E-state index < -0.39 is 27.1 Å². The molecule has 29 heavy (non-hydrogen) atoms. The van der Waals surface area contributed by atoms with Gasteiger partial charge in [0.15, 0.2) is 6.61 Å². The van der Waals surface area contributed by atoms with E-state index >= 15 is 0 Å². The van der Waals surface area contributed by atoms with Crippen LogP contribution < -0.4 is 15.0 Å². The van der Waals surface area contributed by atoms with Crippen LogP contribution in [0.15, 0.2) is 36.4 Å². The van der Waals surface area contributed by atoms with Gasteiger partial charge in [0.2, 0.25) is 0 Å². The minimum atomic E-state index is -0.810. The fraction of sp³-hybridized carbons (Fsp3) is 0.222. The first-order valence-corrected chi connectivity index (χ1v) is 8.62. The Hall–Kier alpha value is -4.02. The standard InChI is InChI=1S/C18H16N4O7/c1-2-5-20-15-4-3-12(8-16(15)29-10-17(20)23)19-18(24)11-6-13(21(25)26)9-14(7-11)22(27)28/h3-4,6-9H,2,5,10H2,1H3,(H,19,24). The Kier molecular flexibility index (Phi) is 5.39. The van der Waals surface area contributed by atoms with Gasteiger partial charge < -0.3 is 15.0 Å². The van der Waals surface area contributed by atoms with Crippen molar-refractivity contribution in [3.63, 3.8) is 0 Å². The smallest absolute Gasteiger partial charge is 0.277 e. The van der Waals surface area contributed by atoms with E-state index in [1.807, 2.05) is 6.92 Å². The number of hydrogen-bond donors (Lipinski definition) is 1. The summed E-state index contributed by atoms with van der Waals surface area (Å²) >= 11 is 0. The maximum atomic E-state index is 12.5. The summed E-state index contributed by atoms with van der Waals surface area (Å²) in [5.41, 5.74) is -0.466. The molecule has 1 N–H and O–H groups in total. The summed E-state index contributed by atoms with van der Waals surface area (Å²) in [6.07, 6.45) is 0.759. The third kappa shape index (κ3) is 4.13. The van der Waals surface area contributed by atoms with Gasteiger partial charge in [-0.1, -0.05) is 6.92 Å². The number of hydrogen-bond acceptors (Lipinski definition) is 7. The molecule has 150 valence electrons. The predicted octanol–water partition coefficient (Wildman–Crippen LogP) is 2.89. The minimum absolute atomic E-state index is 0.124. The van der Waals surface area contributed by atoms with Gasteiger partial charge in [-0.05, 0) is 18.6 Å². The number of nitro benzene ring substituents is 2. The zero-order valence-corrected chi connectivity index (χ0v) is 15.3. The molecule has 0 radical (unpaired) electrons. The fourth-order valence-electron chi connectivity index (χ4n) is 2.89. The lowest BCUT2D eigenvalue weighted by Crippen LogP contribution is -2.39. The highest BCUT2D eigenvalue weighted by Gasteiger charge is 2.25. The van der Waals surface area contributed by atoms with Crippen molar-refractivity contribution in [2.75, 3.05) is 23.4 Å². The van der Waals surface area contributed by atoms with Crippen LogP contribution in [0.4, 0.5) is 22.7 Å². The molecule has 1 aliphatic rings. The second kappa shape index (κ2) is 7.92. The molecule has 0 unspecified atom stereocenters. The topological polar surface area (TPSA) is 145 Å². The average Bonchev–Trinajstić information content (AvgIpc) is 2.69. The van der Waals surface area contributed by atoms with E-state index in [4.69, 9.17) is 4.74 Å². The summed E-state index contributed by atoms with van der Waals surface area (Å²) in [4.78, 5) is 46.4. The van der Waals surface area contributed by atoms with E-state index in [1.165, 1.54) is 6.07 Å². The van der Waals surface area contributed by atoms with Gasteiger partial charge in [-0.15, -0.1) is 0 Å². The van der Waals surface area contributed by atoms with Crippen LogP contribution in [0.2, 0.25) is 0 Å². The Labute approximate surface area is 164 Å². The van der Waals surface area contributed by atoms with Crippen molar-refractivity contribution in [1.82, 2.24) is 0 Å². The molecule has 11 nitrogen and oxygen atoms in total. The number of amides is 2. The van der Waals surface area contributed by atoms with Crippen LogP contribution in [-0.4, -0.2) is 34.8 Å². The second-order valence-corrected chi connectivity index (χ2v) is 6.22. The quantitative estimate of drug-likeness (QED) is 0.579. The highest BCUT2D eigenvalue weighted by atomic mass is 16.6. The molecule has 3 rings (SSSR count). The van der Waals surface area contributed by atoms with Crippen molar-refractivity contribution in [3.8, 4) is 5.75 Å². The summed E-state index contributed by atoms with van der Waals surface area (Å²) in [5, 5.41) is 24.5. The molecule has 0 spiro atoms. The van der Waals surface area contributed by atoms with Crippen LogP contribution in [0.25, 0.3) is 0 Å². The number of ether oxygens (including phenoxy) is 1. The number of carbonyl (C=O) groups excluding carboxylic acids is 2. The number of nitro groups is 2. The van der Waals surface area contributed by atoms with Gasteiger partial charge in [0.1, 0.15) is 5.75 Å². The summed E-state index contributed by atoms with van der Waals surface area (Å²) < 4.78 is 5.42.